The van der Waals surface area contributed by atoms with Crippen molar-refractivity contribution in [1.29, 1.82) is 0 Å². The van der Waals surface area contributed by atoms with Crippen LogP contribution in [0.3, 0.4) is 0 Å². The number of carbonyl (C=O) groups excluding carboxylic acids is 2. The molecule has 0 spiro atoms. The molecule has 8 aromatic rings. The smallest absolute Gasteiger partial charge is 0.207 e. The van der Waals surface area contributed by atoms with Gasteiger partial charge in [-0.3, -0.25) is 23.8 Å². The summed E-state index contributed by atoms with van der Waals surface area (Å²) in [6, 6.07) is 33.0. The molecule has 0 bridgehead atoms. The van der Waals surface area contributed by atoms with Gasteiger partial charge >= 0.3 is 0 Å². The van der Waals surface area contributed by atoms with Crippen molar-refractivity contribution < 1.29 is 56.7 Å². The van der Waals surface area contributed by atoms with Crippen LogP contribution in [0.15, 0.2) is 121 Å². The molecule has 0 unspecified atom stereocenters. The lowest BCUT2D eigenvalue weighted by molar-refractivity contribution is -0.0927. The molecule has 0 atom stereocenters. The van der Waals surface area contributed by atoms with Crippen LogP contribution in [0, 0.1) is 25.6 Å². The Kier molecular flexibility index (Phi) is 13.8. The van der Waals surface area contributed by atoms with Crippen molar-refractivity contribution in [3.05, 3.63) is 159 Å². The summed E-state index contributed by atoms with van der Waals surface area (Å²) >= 11 is 2.40. The topological polar surface area (TPSA) is 127 Å². The van der Waals surface area contributed by atoms with Gasteiger partial charge in [0.1, 0.15) is 75.7 Å². The Balaban J connectivity index is 0.729. The number of aromatic hydroxyl groups is 2. The molecule has 4 heterocycles. The maximum absolute atomic E-state index is 14.6. The number of nitrogens with zero attached hydrogens (tertiary/aromatic N) is 2. The van der Waals surface area contributed by atoms with Crippen LogP contribution in [0.1, 0.15) is 41.6 Å². The third-order valence-electron chi connectivity index (χ3n) is 12.8. The molecule has 2 N–H and O–H groups in total. The van der Waals surface area contributed by atoms with E-state index in [-0.39, 0.29) is 35.7 Å². The number of thiophene rings is 2. The minimum absolute atomic E-state index is 0.0536. The summed E-state index contributed by atoms with van der Waals surface area (Å²) in [5, 5.41) is 21.7. The van der Waals surface area contributed by atoms with Crippen molar-refractivity contribution in [3.63, 3.8) is 0 Å². The number of alkyl halides is 2. The van der Waals surface area contributed by atoms with Crippen LogP contribution in [-0.2, 0) is 0 Å². The van der Waals surface area contributed by atoms with Gasteiger partial charge in [-0.25, -0.2) is 8.78 Å². The molecule has 16 heteroatoms. The van der Waals surface area contributed by atoms with Gasteiger partial charge in [0.05, 0.1) is 6.67 Å². The average molecular weight is 1020 g/mol. The van der Waals surface area contributed by atoms with E-state index in [2.05, 4.69) is 4.90 Å². The number of phenolic OH excluding ortho intramolecular Hbond substituents is 2. The zero-order chi connectivity index (χ0) is 50.1. The third-order valence-corrected chi connectivity index (χ3v) is 15.1. The third kappa shape index (κ3) is 10.3. The first kappa shape index (κ1) is 48.5. The zero-order valence-corrected chi connectivity index (χ0v) is 40.9. The Morgan fingerprint density at radius 3 is 1.60 bits per heavy atom. The maximum atomic E-state index is 14.6. The lowest BCUT2D eigenvalue weighted by Crippen LogP contribution is -2.66. The Labute approximate surface area is 421 Å². The van der Waals surface area contributed by atoms with Gasteiger partial charge in [0.25, 0.3) is 0 Å². The molecule has 2 fully saturated rings. The van der Waals surface area contributed by atoms with Gasteiger partial charge < -0.3 is 33.9 Å². The van der Waals surface area contributed by atoms with Crippen LogP contribution < -0.4 is 23.7 Å². The quantitative estimate of drug-likeness (QED) is 0.0709. The van der Waals surface area contributed by atoms with E-state index in [9.17, 15) is 33.0 Å². The lowest BCUT2D eigenvalue weighted by Gasteiger charge is -2.48. The highest BCUT2D eigenvalue weighted by molar-refractivity contribution is 7.22. The Morgan fingerprint density at radius 1 is 0.625 bits per heavy atom. The number of aryl methyl sites for hydroxylation is 2. The molecule has 6 aromatic carbocycles. The Morgan fingerprint density at radius 2 is 1.10 bits per heavy atom. The van der Waals surface area contributed by atoms with Crippen molar-refractivity contribution in [2.24, 2.45) is 5.92 Å². The summed E-state index contributed by atoms with van der Waals surface area (Å²) < 4.78 is 73.6. The molecule has 72 heavy (non-hydrogen) atoms. The van der Waals surface area contributed by atoms with Crippen molar-refractivity contribution in [2.45, 2.75) is 19.4 Å². The molecular weight excluding hydrogens is 966 g/mol. The number of carbonyl (C=O) groups is 2. The molecule has 10 rings (SSSR count). The first-order valence-electron chi connectivity index (χ1n) is 23.4. The summed E-state index contributed by atoms with van der Waals surface area (Å²) in [6.07, 6.45) is 0. The number of ether oxygens (including phenoxy) is 5. The number of likely N-dealkylation sites (tertiary alicyclic amines) is 2. The molecule has 2 saturated heterocycles. The maximum Gasteiger partial charge on any atom is 0.207 e. The second kappa shape index (κ2) is 20.5. The molecule has 370 valence electrons. The molecule has 2 aliphatic heterocycles. The lowest BCUT2D eigenvalue weighted by atomic mass is 9.95. The second-order valence-corrected chi connectivity index (χ2v) is 20.3. The van der Waals surface area contributed by atoms with Crippen LogP contribution in [-0.4, -0.2) is 103 Å². The molecule has 0 aliphatic carbocycles. The number of halogens is 3. The van der Waals surface area contributed by atoms with E-state index in [1.54, 1.807) is 117 Å². The summed E-state index contributed by atoms with van der Waals surface area (Å²) in [6.45, 7) is 6.55. The number of phenols is 2. The van der Waals surface area contributed by atoms with E-state index < -0.39 is 18.1 Å². The Bertz CT molecular complexity index is 3250. The van der Waals surface area contributed by atoms with Gasteiger partial charge in [-0.05, 0) is 146 Å². The molecule has 2 aliphatic rings. The molecular formula is C56H49F3N2O9S2. The number of ketones is 2. The summed E-state index contributed by atoms with van der Waals surface area (Å²) in [4.78, 5) is 32.9. The predicted molar refractivity (Wildman–Crippen MR) is 272 cm³/mol. The minimum atomic E-state index is -1.06. The molecule has 11 nitrogen and oxygen atoms in total. The highest BCUT2D eigenvalue weighted by atomic mass is 32.1. The van der Waals surface area contributed by atoms with Crippen molar-refractivity contribution in [3.8, 4) is 51.7 Å². The predicted octanol–water partition coefficient (Wildman–Crippen LogP) is 12.1. The number of rotatable bonds is 20. The van der Waals surface area contributed by atoms with Crippen LogP contribution in [0.4, 0.5) is 13.2 Å². The fourth-order valence-electron chi connectivity index (χ4n) is 9.15. The van der Waals surface area contributed by atoms with Gasteiger partial charge in [-0.15, -0.1) is 22.7 Å². The van der Waals surface area contributed by atoms with Gasteiger partial charge in [0.2, 0.25) is 11.6 Å². The van der Waals surface area contributed by atoms with Gasteiger partial charge in [0, 0.05) is 76.5 Å². The van der Waals surface area contributed by atoms with Gasteiger partial charge in [0.15, 0.2) is 17.1 Å². The van der Waals surface area contributed by atoms with Crippen LogP contribution in [0.5, 0.6) is 51.7 Å². The van der Waals surface area contributed by atoms with Crippen molar-refractivity contribution in [1.82, 2.24) is 9.80 Å². The monoisotopic (exact) mass is 1010 g/mol. The highest BCUT2D eigenvalue weighted by Crippen LogP contribution is 2.45. The molecule has 2 aromatic heterocycles. The van der Waals surface area contributed by atoms with Gasteiger partial charge in [-0.1, -0.05) is 0 Å². The first-order valence-corrected chi connectivity index (χ1v) is 25.0. The minimum Gasteiger partial charge on any atom is -0.508 e. The SMILES string of the molecule is Cc1cc(F)cc(C)c1C(=O)c1sc2cc(O)ccc2c1Oc1ccc(OCCN2CC(CF)(Oc3ccc(C(=O)c4sc5cc(O)ccc5c4Oc4ccc(OCCN5CC(CF)C5)cc4)cc3)C2)cc1. The zero-order valence-electron chi connectivity index (χ0n) is 39.3. The molecule has 0 radical (unpaired) electrons. The second-order valence-electron chi connectivity index (χ2n) is 18.2. The number of fused-ring (bicyclic) bond motifs is 2. The van der Waals surface area contributed by atoms with Crippen molar-refractivity contribution >= 4 is 54.4 Å². The number of hydrogen-bond donors (Lipinski definition) is 2. The fourth-order valence-corrected chi connectivity index (χ4v) is 11.4. The van der Waals surface area contributed by atoms with Crippen LogP contribution >= 0.6 is 22.7 Å². The first-order chi connectivity index (χ1) is 34.8. The van der Waals surface area contributed by atoms with Crippen molar-refractivity contribution in [2.75, 3.05) is 65.8 Å². The summed E-state index contributed by atoms with van der Waals surface area (Å²) in [5.74, 6) is 2.52. The van der Waals surface area contributed by atoms with E-state index in [0.29, 0.717) is 132 Å². The molecule has 0 saturated carbocycles. The largest absolute Gasteiger partial charge is 0.508 e. The van der Waals surface area contributed by atoms with E-state index >= 15 is 0 Å². The van der Waals surface area contributed by atoms with E-state index in [1.807, 2.05) is 4.90 Å². The van der Waals surface area contributed by atoms with E-state index in [0.717, 1.165) is 13.1 Å². The molecule has 0 amide bonds. The van der Waals surface area contributed by atoms with E-state index in [4.69, 9.17) is 23.7 Å². The highest BCUT2D eigenvalue weighted by Gasteiger charge is 2.45. The average Bonchev–Trinajstić information content (AvgIpc) is 3.88. The van der Waals surface area contributed by atoms with Crippen LogP contribution in [0.2, 0.25) is 0 Å². The van der Waals surface area contributed by atoms with E-state index in [1.165, 1.54) is 40.9 Å². The number of benzene rings is 6. The number of hydrogen-bond acceptors (Lipinski definition) is 13. The summed E-state index contributed by atoms with van der Waals surface area (Å²) in [5.41, 5.74) is 0.733. The van der Waals surface area contributed by atoms with Crippen LogP contribution in [0.25, 0.3) is 20.2 Å². The standard InChI is InChI=1S/C56H49F3N2O9S2/c1-33-23-37(59)24-34(2)49(33)51(65)55-53(46-18-6-39(63)26-48(46)72-55)69-43-15-11-41(12-16-43)67-22-20-61-31-56(30-58,32-61)70-44-7-3-36(4-8-44)50(64)54-52(45-17-5-38(62)25-47(45)71-54)68-42-13-9-40(10-14-42)66-21-19-60-28-35(27-57)29-60/h3-18,23-26,35,62-63H,19-22,27-32H2,1-2H3. The normalized spacial score (nSPS) is 14.7. The fraction of sp³-hybridized carbons (Fsp3) is 0.250. The summed E-state index contributed by atoms with van der Waals surface area (Å²) in [7, 11) is 0. The van der Waals surface area contributed by atoms with Gasteiger partial charge in [-0.2, -0.15) is 0 Å². The Hall–Kier alpha value is -7.11.